The first-order chi connectivity index (χ1) is 9.47. The number of hydrogen-bond acceptors (Lipinski definition) is 5. The fourth-order valence-electron chi connectivity index (χ4n) is 2.40. The molecule has 1 aliphatic carbocycles. The van der Waals surface area contributed by atoms with E-state index in [2.05, 4.69) is 14.7 Å². The Morgan fingerprint density at radius 3 is 2.45 bits per heavy atom. The number of nitrogens with zero attached hydrogens (tertiary/aromatic N) is 2. The quantitative estimate of drug-likeness (QED) is 0.837. The van der Waals surface area contributed by atoms with Crippen molar-refractivity contribution in [1.29, 1.82) is 0 Å². The van der Waals surface area contributed by atoms with E-state index in [1.807, 2.05) is 6.26 Å². The van der Waals surface area contributed by atoms with Crippen LogP contribution in [0.1, 0.15) is 32.1 Å². The summed E-state index contributed by atoms with van der Waals surface area (Å²) in [5.74, 6) is 0. The molecule has 0 aromatic carbocycles. The van der Waals surface area contributed by atoms with Crippen molar-refractivity contribution in [2.24, 2.45) is 0 Å². The Bertz CT molecular complexity index is 542. The van der Waals surface area contributed by atoms with Gasteiger partial charge in [-0.25, -0.2) is 23.1 Å². The molecule has 2 rings (SSSR count). The van der Waals surface area contributed by atoms with Crippen molar-refractivity contribution in [3.63, 3.8) is 0 Å². The van der Waals surface area contributed by atoms with Gasteiger partial charge in [0.25, 0.3) is 0 Å². The zero-order valence-electron chi connectivity index (χ0n) is 11.3. The molecule has 0 aliphatic heterocycles. The SMILES string of the molecule is CSC1(CNS(=O)(=O)c2cnc(Cl)nc2)CCCCC1. The minimum absolute atomic E-state index is 0.0125. The minimum Gasteiger partial charge on any atom is -0.225 e. The standard InChI is InChI=1S/C12H18ClN3O2S2/c1-19-12(5-3-2-4-6-12)9-16-20(17,18)10-7-14-11(13)15-8-10/h7-8,16H,2-6,9H2,1H3. The molecule has 0 radical (unpaired) electrons. The zero-order chi connectivity index (χ0) is 14.6. The summed E-state index contributed by atoms with van der Waals surface area (Å²) >= 11 is 7.32. The molecule has 0 spiro atoms. The highest BCUT2D eigenvalue weighted by Gasteiger charge is 2.32. The Morgan fingerprint density at radius 1 is 1.30 bits per heavy atom. The molecule has 0 amide bonds. The highest BCUT2D eigenvalue weighted by molar-refractivity contribution is 8.00. The lowest BCUT2D eigenvalue weighted by Crippen LogP contribution is -2.41. The Kier molecular flexibility index (Phi) is 5.28. The predicted octanol–water partition coefficient (Wildman–Crippen LogP) is 2.47. The first-order valence-electron chi connectivity index (χ1n) is 6.50. The summed E-state index contributed by atoms with van der Waals surface area (Å²) in [6.45, 7) is 0.444. The van der Waals surface area contributed by atoms with Crippen LogP contribution in [0.25, 0.3) is 0 Å². The van der Waals surface area contributed by atoms with E-state index in [0.29, 0.717) is 6.54 Å². The summed E-state index contributed by atoms with van der Waals surface area (Å²) < 4.78 is 27.1. The van der Waals surface area contributed by atoms with Gasteiger partial charge in [-0.3, -0.25) is 0 Å². The number of aromatic nitrogens is 2. The van der Waals surface area contributed by atoms with Crippen molar-refractivity contribution in [1.82, 2.24) is 14.7 Å². The van der Waals surface area contributed by atoms with Gasteiger partial charge in [-0.15, -0.1) is 0 Å². The average molecular weight is 336 g/mol. The molecule has 1 fully saturated rings. The maximum Gasteiger partial charge on any atom is 0.243 e. The summed E-state index contributed by atoms with van der Waals surface area (Å²) in [6, 6.07) is 0. The maximum atomic E-state index is 12.2. The molecule has 8 heteroatoms. The predicted molar refractivity (Wildman–Crippen MR) is 81.6 cm³/mol. The first kappa shape index (κ1) is 16.0. The number of thioether (sulfide) groups is 1. The Balaban J connectivity index is 2.06. The lowest BCUT2D eigenvalue weighted by molar-refractivity contribution is 0.395. The maximum absolute atomic E-state index is 12.2. The van der Waals surface area contributed by atoms with Crippen molar-refractivity contribution in [2.45, 2.75) is 41.7 Å². The molecule has 0 saturated heterocycles. The van der Waals surface area contributed by atoms with Crippen LogP contribution in [0, 0.1) is 0 Å². The van der Waals surface area contributed by atoms with Gasteiger partial charge < -0.3 is 0 Å². The second-order valence-electron chi connectivity index (χ2n) is 4.96. The largest absolute Gasteiger partial charge is 0.243 e. The number of nitrogens with one attached hydrogen (secondary N) is 1. The van der Waals surface area contributed by atoms with Crippen LogP contribution in [-0.4, -0.2) is 35.9 Å². The van der Waals surface area contributed by atoms with E-state index in [9.17, 15) is 8.42 Å². The fraction of sp³-hybridized carbons (Fsp3) is 0.667. The van der Waals surface area contributed by atoms with Crippen LogP contribution in [0.2, 0.25) is 5.28 Å². The van der Waals surface area contributed by atoms with Gasteiger partial charge in [-0.05, 0) is 30.7 Å². The van der Waals surface area contributed by atoms with E-state index in [1.165, 1.54) is 18.8 Å². The number of rotatable bonds is 5. The van der Waals surface area contributed by atoms with Crippen LogP contribution in [-0.2, 0) is 10.0 Å². The summed E-state index contributed by atoms with van der Waals surface area (Å²) in [6.07, 6.45) is 10.2. The third kappa shape index (κ3) is 3.84. The molecule has 1 N–H and O–H groups in total. The van der Waals surface area contributed by atoms with Gasteiger partial charge in [0, 0.05) is 11.3 Å². The Morgan fingerprint density at radius 2 is 1.90 bits per heavy atom. The van der Waals surface area contributed by atoms with Crippen LogP contribution in [0.4, 0.5) is 0 Å². The smallest absolute Gasteiger partial charge is 0.225 e. The highest BCUT2D eigenvalue weighted by atomic mass is 35.5. The summed E-state index contributed by atoms with van der Waals surface area (Å²) in [5, 5.41) is 0.0387. The van der Waals surface area contributed by atoms with Crippen LogP contribution in [0.15, 0.2) is 17.3 Å². The van der Waals surface area contributed by atoms with E-state index in [1.54, 1.807) is 11.8 Å². The molecule has 1 aliphatic rings. The molecule has 0 unspecified atom stereocenters. The van der Waals surface area contributed by atoms with Crippen LogP contribution in [0.3, 0.4) is 0 Å². The second-order valence-corrected chi connectivity index (χ2v) is 8.34. The lowest BCUT2D eigenvalue weighted by Gasteiger charge is -2.35. The molecule has 112 valence electrons. The van der Waals surface area contributed by atoms with Crippen LogP contribution < -0.4 is 4.72 Å². The normalized spacial score (nSPS) is 18.9. The lowest BCUT2D eigenvalue weighted by atomic mass is 9.88. The zero-order valence-corrected chi connectivity index (χ0v) is 13.7. The third-order valence-corrected chi connectivity index (χ3v) is 6.66. The number of hydrogen-bond donors (Lipinski definition) is 1. The third-order valence-electron chi connectivity index (χ3n) is 3.69. The Hall–Kier alpha value is -0.370. The van der Waals surface area contributed by atoms with Crippen molar-refractivity contribution in [3.05, 3.63) is 17.7 Å². The monoisotopic (exact) mass is 335 g/mol. The van der Waals surface area contributed by atoms with E-state index in [-0.39, 0.29) is 14.9 Å². The topological polar surface area (TPSA) is 72.0 Å². The van der Waals surface area contributed by atoms with Gasteiger partial charge in [0.05, 0.1) is 12.4 Å². The molecular formula is C12H18ClN3O2S2. The van der Waals surface area contributed by atoms with Crippen molar-refractivity contribution >= 4 is 33.4 Å². The van der Waals surface area contributed by atoms with E-state index < -0.39 is 10.0 Å². The van der Waals surface area contributed by atoms with E-state index in [4.69, 9.17) is 11.6 Å². The van der Waals surface area contributed by atoms with Gasteiger partial charge in [-0.2, -0.15) is 11.8 Å². The summed E-state index contributed by atoms with van der Waals surface area (Å²) in [7, 11) is -3.57. The van der Waals surface area contributed by atoms with Crippen molar-refractivity contribution in [2.75, 3.05) is 12.8 Å². The van der Waals surface area contributed by atoms with Crippen LogP contribution >= 0.6 is 23.4 Å². The number of sulfonamides is 1. The number of halogens is 1. The van der Waals surface area contributed by atoms with Crippen molar-refractivity contribution < 1.29 is 8.42 Å². The van der Waals surface area contributed by atoms with Gasteiger partial charge in [0.1, 0.15) is 4.90 Å². The minimum atomic E-state index is -3.57. The molecule has 1 saturated carbocycles. The van der Waals surface area contributed by atoms with E-state index >= 15 is 0 Å². The van der Waals surface area contributed by atoms with Gasteiger partial charge in [0.2, 0.25) is 15.3 Å². The van der Waals surface area contributed by atoms with Gasteiger partial charge >= 0.3 is 0 Å². The molecule has 1 aromatic heterocycles. The molecular weight excluding hydrogens is 318 g/mol. The molecule has 0 bridgehead atoms. The van der Waals surface area contributed by atoms with Crippen molar-refractivity contribution in [3.8, 4) is 0 Å². The van der Waals surface area contributed by atoms with Crippen LogP contribution in [0.5, 0.6) is 0 Å². The summed E-state index contributed by atoms with van der Waals surface area (Å²) in [4.78, 5) is 7.47. The molecule has 0 atom stereocenters. The first-order valence-corrected chi connectivity index (χ1v) is 9.58. The average Bonchev–Trinajstić information content (AvgIpc) is 2.47. The van der Waals surface area contributed by atoms with E-state index in [0.717, 1.165) is 25.7 Å². The molecule has 5 nitrogen and oxygen atoms in total. The summed E-state index contributed by atoms with van der Waals surface area (Å²) in [5.41, 5.74) is 0. The van der Waals surface area contributed by atoms with Gasteiger partial charge in [0.15, 0.2) is 0 Å². The Labute approximate surface area is 129 Å². The second kappa shape index (κ2) is 6.60. The molecule has 20 heavy (non-hydrogen) atoms. The van der Waals surface area contributed by atoms with Gasteiger partial charge in [-0.1, -0.05) is 19.3 Å². The fourth-order valence-corrected chi connectivity index (χ4v) is 4.52. The highest BCUT2D eigenvalue weighted by Crippen LogP contribution is 2.38. The molecule has 1 aromatic rings. The molecule has 1 heterocycles.